The molecular weight excluding hydrogens is 366 g/mol. The third-order valence-electron chi connectivity index (χ3n) is 5.14. The lowest BCUT2D eigenvalue weighted by molar-refractivity contribution is 0.0716. The average Bonchev–Trinajstić information content (AvgIpc) is 3.11. The fourth-order valence-corrected chi connectivity index (χ4v) is 3.85. The van der Waals surface area contributed by atoms with E-state index in [1.807, 2.05) is 4.90 Å². The first-order valence-corrected chi connectivity index (χ1v) is 9.66. The SMILES string of the molecule is O=C(Nc1cccc(Cl)c1)N1CCc2[nH]nc(C(=O)N3CCCCC3)c2C1. The molecule has 0 unspecified atom stereocenters. The van der Waals surface area contributed by atoms with Gasteiger partial charge in [-0.05, 0) is 37.5 Å². The topological polar surface area (TPSA) is 81.3 Å². The van der Waals surface area contributed by atoms with Gasteiger partial charge in [-0.1, -0.05) is 17.7 Å². The lowest BCUT2D eigenvalue weighted by Crippen LogP contribution is -2.40. The third kappa shape index (κ3) is 3.78. The summed E-state index contributed by atoms with van der Waals surface area (Å²) in [5.74, 6) is -0.0377. The van der Waals surface area contributed by atoms with Gasteiger partial charge in [0.25, 0.3) is 5.91 Å². The summed E-state index contributed by atoms with van der Waals surface area (Å²) in [6.45, 7) is 2.49. The molecule has 27 heavy (non-hydrogen) atoms. The van der Waals surface area contributed by atoms with Crippen molar-refractivity contribution in [2.45, 2.75) is 32.2 Å². The Bertz CT molecular complexity index is 860. The highest BCUT2D eigenvalue weighted by Gasteiger charge is 2.30. The number of anilines is 1. The minimum atomic E-state index is -0.208. The van der Waals surface area contributed by atoms with Crippen molar-refractivity contribution in [2.75, 3.05) is 25.0 Å². The first kappa shape index (κ1) is 17.9. The van der Waals surface area contributed by atoms with E-state index in [0.717, 1.165) is 37.2 Å². The number of nitrogens with zero attached hydrogens (tertiary/aromatic N) is 3. The van der Waals surface area contributed by atoms with Crippen LogP contribution in [0.5, 0.6) is 0 Å². The van der Waals surface area contributed by atoms with Crippen LogP contribution in [-0.4, -0.2) is 51.6 Å². The van der Waals surface area contributed by atoms with Crippen molar-refractivity contribution in [2.24, 2.45) is 0 Å². The molecule has 3 heterocycles. The van der Waals surface area contributed by atoms with Crippen LogP contribution in [0.3, 0.4) is 0 Å². The van der Waals surface area contributed by atoms with E-state index < -0.39 is 0 Å². The van der Waals surface area contributed by atoms with Crippen LogP contribution in [-0.2, 0) is 13.0 Å². The standard InChI is InChI=1S/C19H22ClN5O2/c20-13-5-4-6-14(11-13)21-19(27)25-10-7-16-15(12-25)17(23-22-16)18(26)24-8-2-1-3-9-24/h4-6,11H,1-3,7-10,12H2,(H,21,27)(H,22,23). The molecule has 0 saturated carbocycles. The molecule has 142 valence electrons. The molecule has 2 aliphatic heterocycles. The molecule has 2 aliphatic rings. The Hall–Kier alpha value is -2.54. The van der Waals surface area contributed by atoms with Gasteiger partial charge >= 0.3 is 6.03 Å². The fraction of sp³-hybridized carbons (Fsp3) is 0.421. The zero-order valence-electron chi connectivity index (χ0n) is 15.0. The molecule has 2 aromatic rings. The molecule has 0 radical (unpaired) electrons. The summed E-state index contributed by atoms with van der Waals surface area (Å²) in [7, 11) is 0. The second kappa shape index (κ2) is 7.60. The predicted octanol–water partition coefficient (Wildman–Crippen LogP) is 3.28. The van der Waals surface area contributed by atoms with E-state index in [9.17, 15) is 9.59 Å². The number of H-pyrrole nitrogens is 1. The fourth-order valence-electron chi connectivity index (χ4n) is 3.66. The Labute approximate surface area is 162 Å². The number of likely N-dealkylation sites (tertiary alicyclic amines) is 1. The highest BCUT2D eigenvalue weighted by molar-refractivity contribution is 6.30. The number of benzene rings is 1. The number of aromatic nitrogens is 2. The molecule has 0 bridgehead atoms. The van der Waals surface area contributed by atoms with Gasteiger partial charge in [0, 0.05) is 48.0 Å². The summed E-state index contributed by atoms with van der Waals surface area (Å²) >= 11 is 5.98. The number of piperidine rings is 1. The Kier molecular flexibility index (Phi) is 5.03. The van der Waals surface area contributed by atoms with Gasteiger partial charge in [-0.25, -0.2) is 4.79 Å². The Morgan fingerprint density at radius 3 is 2.70 bits per heavy atom. The van der Waals surface area contributed by atoms with Crippen LogP contribution in [0.25, 0.3) is 0 Å². The molecule has 8 heteroatoms. The van der Waals surface area contributed by atoms with E-state index in [1.165, 1.54) is 6.42 Å². The van der Waals surface area contributed by atoms with Gasteiger partial charge in [0.15, 0.2) is 5.69 Å². The number of urea groups is 1. The van der Waals surface area contributed by atoms with Crippen LogP contribution in [0.1, 0.15) is 41.0 Å². The van der Waals surface area contributed by atoms with Crippen molar-refractivity contribution >= 4 is 29.2 Å². The summed E-state index contributed by atoms with van der Waals surface area (Å²) in [4.78, 5) is 29.1. The third-order valence-corrected chi connectivity index (χ3v) is 5.38. The normalized spacial score (nSPS) is 16.8. The molecule has 0 spiro atoms. The van der Waals surface area contributed by atoms with Crippen molar-refractivity contribution in [1.82, 2.24) is 20.0 Å². The maximum absolute atomic E-state index is 12.8. The number of aromatic amines is 1. The highest BCUT2D eigenvalue weighted by Crippen LogP contribution is 2.24. The van der Waals surface area contributed by atoms with Crippen molar-refractivity contribution in [3.8, 4) is 0 Å². The Balaban J connectivity index is 1.48. The first-order chi connectivity index (χ1) is 13.1. The molecular formula is C19H22ClN5O2. The maximum atomic E-state index is 12.8. The number of hydrogen-bond acceptors (Lipinski definition) is 3. The zero-order valence-corrected chi connectivity index (χ0v) is 15.8. The average molecular weight is 388 g/mol. The number of amides is 3. The minimum absolute atomic E-state index is 0.0377. The molecule has 3 amide bonds. The second-order valence-corrected chi connectivity index (χ2v) is 7.43. The number of carbonyl (C=O) groups is 2. The van der Waals surface area contributed by atoms with Crippen molar-refractivity contribution in [3.05, 3.63) is 46.2 Å². The molecule has 0 aliphatic carbocycles. The minimum Gasteiger partial charge on any atom is -0.337 e. The molecule has 2 N–H and O–H groups in total. The summed E-state index contributed by atoms with van der Waals surface area (Å²) in [6, 6.07) is 6.84. The summed E-state index contributed by atoms with van der Waals surface area (Å²) in [5.41, 5.74) is 2.88. The number of nitrogens with one attached hydrogen (secondary N) is 2. The monoisotopic (exact) mass is 387 g/mol. The van der Waals surface area contributed by atoms with Gasteiger partial charge in [0.2, 0.25) is 0 Å². The van der Waals surface area contributed by atoms with Crippen LogP contribution in [0.4, 0.5) is 10.5 Å². The molecule has 4 rings (SSSR count). The number of halogens is 1. The van der Waals surface area contributed by atoms with E-state index in [0.29, 0.717) is 35.9 Å². The van der Waals surface area contributed by atoms with Gasteiger partial charge in [-0.3, -0.25) is 9.89 Å². The Morgan fingerprint density at radius 2 is 1.93 bits per heavy atom. The molecule has 7 nitrogen and oxygen atoms in total. The van der Waals surface area contributed by atoms with Gasteiger partial charge < -0.3 is 15.1 Å². The molecule has 0 atom stereocenters. The largest absolute Gasteiger partial charge is 0.337 e. The lowest BCUT2D eigenvalue weighted by Gasteiger charge is -2.29. The number of hydrogen-bond donors (Lipinski definition) is 2. The number of rotatable bonds is 2. The second-order valence-electron chi connectivity index (χ2n) is 6.99. The quantitative estimate of drug-likeness (QED) is 0.829. The van der Waals surface area contributed by atoms with Gasteiger partial charge in [-0.2, -0.15) is 5.10 Å². The van der Waals surface area contributed by atoms with Crippen molar-refractivity contribution in [3.63, 3.8) is 0 Å². The smallest absolute Gasteiger partial charge is 0.322 e. The predicted molar refractivity (Wildman–Crippen MR) is 103 cm³/mol. The molecule has 1 aromatic carbocycles. The van der Waals surface area contributed by atoms with Crippen LogP contribution in [0, 0.1) is 0 Å². The van der Waals surface area contributed by atoms with Crippen LogP contribution in [0.2, 0.25) is 5.02 Å². The van der Waals surface area contributed by atoms with E-state index >= 15 is 0 Å². The molecule has 1 aromatic heterocycles. The van der Waals surface area contributed by atoms with E-state index in [1.54, 1.807) is 29.2 Å². The summed E-state index contributed by atoms with van der Waals surface area (Å²) < 4.78 is 0. The van der Waals surface area contributed by atoms with Gasteiger partial charge in [0.05, 0.1) is 6.54 Å². The van der Waals surface area contributed by atoms with E-state index in [4.69, 9.17) is 11.6 Å². The highest BCUT2D eigenvalue weighted by atomic mass is 35.5. The Morgan fingerprint density at radius 1 is 1.11 bits per heavy atom. The molecule has 1 saturated heterocycles. The lowest BCUT2D eigenvalue weighted by atomic mass is 10.0. The first-order valence-electron chi connectivity index (χ1n) is 9.29. The summed E-state index contributed by atoms with van der Waals surface area (Å²) in [6.07, 6.45) is 3.89. The maximum Gasteiger partial charge on any atom is 0.322 e. The van der Waals surface area contributed by atoms with Crippen LogP contribution < -0.4 is 5.32 Å². The van der Waals surface area contributed by atoms with Crippen molar-refractivity contribution in [1.29, 1.82) is 0 Å². The van der Waals surface area contributed by atoms with Crippen LogP contribution in [0.15, 0.2) is 24.3 Å². The van der Waals surface area contributed by atoms with Gasteiger partial charge in [-0.15, -0.1) is 0 Å². The molecule has 1 fully saturated rings. The van der Waals surface area contributed by atoms with E-state index in [-0.39, 0.29) is 11.9 Å². The zero-order chi connectivity index (χ0) is 18.8. The number of carbonyl (C=O) groups excluding carboxylic acids is 2. The van der Waals surface area contributed by atoms with Crippen LogP contribution >= 0.6 is 11.6 Å². The van der Waals surface area contributed by atoms with Gasteiger partial charge in [0.1, 0.15) is 0 Å². The van der Waals surface area contributed by atoms with Crippen molar-refractivity contribution < 1.29 is 9.59 Å². The number of fused-ring (bicyclic) bond motifs is 1. The summed E-state index contributed by atoms with van der Waals surface area (Å²) in [5, 5.41) is 10.7. The van der Waals surface area contributed by atoms with E-state index in [2.05, 4.69) is 15.5 Å².